The first kappa shape index (κ1) is 18.6. The predicted molar refractivity (Wildman–Crippen MR) is 117 cm³/mol. The van der Waals surface area contributed by atoms with Crippen LogP contribution in [0.2, 0.25) is 0 Å². The summed E-state index contributed by atoms with van der Waals surface area (Å²) < 4.78 is 0.859. The van der Waals surface area contributed by atoms with Gasteiger partial charge in [0.05, 0.1) is 0 Å². The maximum atomic E-state index is 12.7. The van der Waals surface area contributed by atoms with E-state index in [0.717, 1.165) is 15.2 Å². The monoisotopic (exact) mass is 449 g/mol. The topological polar surface area (TPSA) is 118 Å². The highest BCUT2D eigenvalue weighted by Crippen LogP contribution is 2.25. The smallest absolute Gasteiger partial charge is 0.270 e. The maximum Gasteiger partial charge on any atom is 0.270 e. The number of halogens is 1. The molecule has 0 aliphatic rings. The number of amides is 1. The second-order valence-electron chi connectivity index (χ2n) is 6.08. The van der Waals surface area contributed by atoms with Gasteiger partial charge in [-0.25, -0.2) is 15.0 Å². The van der Waals surface area contributed by atoms with E-state index in [2.05, 4.69) is 47.1 Å². The van der Waals surface area contributed by atoms with Crippen LogP contribution in [0.3, 0.4) is 0 Å². The zero-order valence-electron chi connectivity index (χ0n) is 15.1. The Morgan fingerprint density at radius 3 is 2.55 bits per heavy atom. The molecule has 1 amide bonds. The molecular formula is C20H16BrN7O. The summed E-state index contributed by atoms with van der Waals surface area (Å²) in [5.41, 5.74) is 12.3. The highest BCUT2D eigenvalue weighted by atomic mass is 79.9. The molecule has 2 aromatic heterocycles. The zero-order valence-corrected chi connectivity index (χ0v) is 16.6. The van der Waals surface area contributed by atoms with E-state index >= 15 is 0 Å². The third kappa shape index (κ3) is 4.09. The number of hydrazine groups is 1. The summed E-state index contributed by atoms with van der Waals surface area (Å²) in [6, 6.07) is 16.8. The van der Waals surface area contributed by atoms with Crippen LogP contribution < -0.4 is 21.9 Å². The van der Waals surface area contributed by atoms with Gasteiger partial charge in [-0.1, -0.05) is 36.4 Å². The molecule has 2 heterocycles. The minimum atomic E-state index is -0.302. The fraction of sp³-hybridized carbons (Fsp3) is 0. The van der Waals surface area contributed by atoms with Gasteiger partial charge in [-0.3, -0.25) is 15.6 Å². The van der Waals surface area contributed by atoms with Gasteiger partial charge in [0.15, 0.2) is 11.6 Å². The number of nitrogens with two attached hydrogens (primary N) is 1. The summed E-state index contributed by atoms with van der Waals surface area (Å²) in [5.74, 6) is 0.915. The predicted octanol–water partition coefficient (Wildman–Crippen LogP) is 3.87. The van der Waals surface area contributed by atoms with Crippen LogP contribution in [0.25, 0.3) is 10.8 Å². The van der Waals surface area contributed by atoms with Gasteiger partial charge in [-0.2, -0.15) is 0 Å². The normalized spacial score (nSPS) is 10.5. The SMILES string of the molecule is Nc1c(NNC(=O)c2cccc3ccccc23)ncnc1Nc1ccc(Br)cn1. The second kappa shape index (κ2) is 8.11. The molecule has 0 atom stereocenters. The van der Waals surface area contributed by atoms with Crippen LogP contribution in [-0.4, -0.2) is 20.9 Å². The molecule has 0 unspecified atom stereocenters. The van der Waals surface area contributed by atoms with E-state index in [1.165, 1.54) is 6.33 Å². The molecule has 0 spiro atoms. The molecule has 5 N–H and O–H groups in total. The lowest BCUT2D eigenvalue weighted by atomic mass is 10.0. The highest BCUT2D eigenvalue weighted by molar-refractivity contribution is 9.10. The number of nitrogens with zero attached hydrogens (tertiary/aromatic N) is 3. The van der Waals surface area contributed by atoms with Crippen molar-refractivity contribution in [2.24, 2.45) is 0 Å². The molecule has 0 fully saturated rings. The van der Waals surface area contributed by atoms with Crippen molar-refractivity contribution >= 4 is 55.8 Å². The van der Waals surface area contributed by atoms with Crippen molar-refractivity contribution in [2.75, 3.05) is 16.5 Å². The first-order valence-corrected chi connectivity index (χ1v) is 9.44. The Bertz CT molecular complexity index is 1180. The lowest BCUT2D eigenvalue weighted by Crippen LogP contribution is -2.30. The van der Waals surface area contributed by atoms with Gasteiger partial charge < -0.3 is 11.1 Å². The van der Waals surface area contributed by atoms with Gasteiger partial charge in [0.1, 0.15) is 17.8 Å². The van der Waals surface area contributed by atoms with Gasteiger partial charge in [0.2, 0.25) is 0 Å². The fourth-order valence-electron chi connectivity index (χ4n) is 2.77. The van der Waals surface area contributed by atoms with Crippen molar-refractivity contribution in [1.82, 2.24) is 20.4 Å². The Kier molecular flexibility index (Phi) is 5.21. The molecule has 4 aromatic rings. The van der Waals surface area contributed by atoms with Gasteiger partial charge in [-0.05, 0) is 44.9 Å². The largest absolute Gasteiger partial charge is 0.393 e. The molecule has 4 rings (SSSR count). The molecule has 0 bridgehead atoms. The summed E-state index contributed by atoms with van der Waals surface area (Å²) in [5, 5.41) is 4.86. The number of hydrogen-bond acceptors (Lipinski definition) is 7. The maximum absolute atomic E-state index is 12.7. The van der Waals surface area contributed by atoms with Crippen LogP contribution in [0, 0.1) is 0 Å². The van der Waals surface area contributed by atoms with Crippen LogP contribution >= 0.6 is 15.9 Å². The summed E-state index contributed by atoms with van der Waals surface area (Å²) in [6.45, 7) is 0. The van der Waals surface area contributed by atoms with Crippen LogP contribution in [-0.2, 0) is 0 Å². The molecule has 9 heteroatoms. The Morgan fingerprint density at radius 2 is 1.72 bits per heavy atom. The first-order chi connectivity index (χ1) is 14.1. The van der Waals surface area contributed by atoms with E-state index in [1.807, 2.05) is 42.5 Å². The number of nitrogens with one attached hydrogen (secondary N) is 3. The van der Waals surface area contributed by atoms with Gasteiger partial charge >= 0.3 is 0 Å². The molecule has 0 saturated carbocycles. The van der Waals surface area contributed by atoms with Gasteiger partial charge in [-0.15, -0.1) is 0 Å². The molecule has 0 saturated heterocycles. The van der Waals surface area contributed by atoms with Crippen LogP contribution in [0.15, 0.2) is 71.6 Å². The lowest BCUT2D eigenvalue weighted by molar-refractivity contribution is 0.0964. The van der Waals surface area contributed by atoms with Crippen molar-refractivity contribution in [3.05, 3.63) is 77.2 Å². The first-order valence-electron chi connectivity index (χ1n) is 8.65. The number of hydrogen-bond donors (Lipinski definition) is 4. The van der Waals surface area contributed by atoms with E-state index in [0.29, 0.717) is 17.2 Å². The van der Waals surface area contributed by atoms with E-state index in [-0.39, 0.29) is 17.4 Å². The number of aromatic nitrogens is 3. The number of carbonyl (C=O) groups is 1. The van der Waals surface area contributed by atoms with Crippen molar-refractivity contribution in [1.29, 1.82) is 0 Å². The fourth-order valence-corrected chi connectivity index (χ4v) is 3.01. The molecule has 0 aliphatic carbocycles. The van der Waals surface area contributed by atoms with E-state index < -0.39 is 0 Å². The molecule has 2 aromatic carbocycles. The molecule has 29 heavy (non-hydrogen) atoms. The molecule has 144 valence electrons. The van der Waals surface area contributed by atoms with Crippen molar-refractivity contribution in [3.63, 3.8) is 0 Å². The number of anilines is 4. The highest BCUT2D eigenvalue weighted by Gasteiger charge is 2.12. The number of rotatable bonds is 5. The molecule has 0 radical (unpaired) electrons. The summed E-state index contributed by atoms with van der Waals surface area (Å²) in [4.78, 5) is 25.1. The van der Waals surface area contributed by atoms with Crippen molar-refractivity contribution in [2.45, 2.75) is 0 Å². The number of nitrogen functional groups attached to an aromatic ring is 1. The Balaban J connectivity index is 1.51. The molecular weight excluding hydrogens is 434 g/mol. The third-order valence-electron chi connectivity index (χ3n) is 4.19. The number of benzene rings is 2. The minimum Gasteiger partial charge on any atom is -0.393 e. The Hall–Kier alpha value is -3.72. The zero-order chi connectivity index (χ0) is 20.2. The summed E-state index contributed by atoms with van der Waals surface area (Å²) in [6.07, 6.45) is 2.99. The Morgan fingerprint density at radius 1 is 0.931 bits per heavy atom. The quantitative estimate of drug-likeness (QED) is 0.341. The molecule has 8 nitrogen and oxygen atoms in total. The standard InChI is InChI=1S/C20H16BrN7O/c21-13-8-9-16(23-10-13)26-18-17(22)19(25-11-24-18)27-28-20(29)15-7-3-5-12-4-1-2-6-14(12)15/h1-11H,22H2,(H,28,29)(H2,23,24,25,26,27). The molecule has 0 aliphatic heterocycles. The van der Waals surface area contributed by atoms with Crippen LogP contribution in [0.5, 0.6) is 0 Å². The second-order valence-corrected chi connectivity index (χ2v) is 6.99. The van der Waals surface area contributed by atoms with Crippen LogP contribution in [0.1, 0.15) is 10.4 Å². The van der Waals surface area contributed by atoms with Crippen LogP contribution in [0.4, 0.5) is 23.1 Å². The number of carbonyl (C=O) groups excluding carboxylic acids is 1. The summed E-state index contributed by atoms with van der Waals surface area (Å²) in [7, 11) is 0. The average molecular weight is 450 g/mol. The van der Waals surface area contributed by atoms with Crippen molar-refractivity contribution < 1.29 is 4.79 Å². The van der Waals surface area contributed by atoms with E-state index in [9.17, 15) is 4.79 Å². The average Bonchev–Trinajstić information content (AvgIpc) is 2.75. The third-order valence-corrected chi connectivity index (χ3v) is 4.66. The van der Waals surface area contributed by atoms with Crippen molar-refractivity contribution in [3.8, 4) is 0 Å². The van der Waals surface area contributed by atoms with E-state index in [4.69, 9.17) is 5.73 Å². The number of fused-ring (bicyclic) bond motifs is 1. The number of pyridine rings is 1. The minimum absolute atomic E-state index is 0.246. The summed E-state index contributed by atoms with van der Waals surface area (Å²) >= 11 is 3.33. The Labute approximate surface area is 174 Å². The van der Waals surface area contributed by atoms with E-state index in [1.54, 1.807) is 18.3 Å². The van der Waals surface area contributed by atoms with Gasteiger partial charge in [0, 0.05) is 16.2 Å². The lowest BCUT2D eigenvalue weighted by Gasteiger charge is -2.13. The van der Waals surface area contributed by atoms with Gasteiger partial charge in [0.25, 0.3) is 5.91 Å².